The Hall–Kier alpha value is -2.45. The molecule has 0 aliphatic carbocycles. The van der Waals surface area contributed by atoms with Crippen LogP contribution in [0.2, 0.25) is 0 Å². The Morgan fingerprint density at radius 1 is 1.14 bits per heavy atom. The fraction of sp³-hybridized carbons (Fsp3) is 0.333. The summed E-state index contributed by atoms with van der Waals surface area (Å²) in [4.78, 5) is 33.5. The maximum absolute atomic E-state index is 12.9. The average molecular weight is 302 g/mol. The predicted molar refractivity (Wildman–Crippen MR) is 64.4 cm³/mol. The highest BCUT2D eigenvalue weighted by Gasteiger charge is 2.39. The van der Waals surface area contributed by atoms with Crippen LogP contribution in [0.5, 0.6) is 0 Å². The van der Waals surface area contributed by atoms with E-state index in [4.69, 9.17) is 0 Å². The molecule has 0 radical (unpaired) electrons. The van der Waals surface area contributed by atoms with Crippen molar-refractivity contribution in [1.29, 1.82) is 0 Å². The van der Waals surface area contributed by atoms with E-state index in [0.717, 1.165) is 6.07 Å². The van der Waals surface area contributed by atoms with E-state index in [9.17, 15) is 32.9 Å². The van der Waals surface area contributed by atoms with Crippen LogP contribution in [0.4, 0.5) is 24.5 Å². The summed E-state index contributed by atoms with van der Waals surface area (Å²) in [6.07, 6.45) is -4.53. The van der Waals surface area contributed by atoms with Crippen LogP contribution in [-0.2, 0) is 15.8 Å². The van der Waals surface area contributed by atoms with Crippen molar-refractivity contribution in [3.63, 3.8) is 0 Å². The van der Waals surface area contributed by atoms with Crippen molar-refractivity contribution < 1.29 is 27.7 Å². The number of hydrogen-bond donors (Lipinski definition) is 0. The van der Waals surface area contributed by atoms with Crippen molar-refractivity contribution in [2.45, 2.75) is 25.4 Å². The molecule has 1 aromatic rings. The molecule has 0 N–H and O–H groups in total. The van der Waals surface area contributed by atoms with E-state index in [2.05, 4.69) is 0 Å². The zero-order valence-electron chi connectivity index (χ0n) is 10.5. The molecular formula is C12H9F3N2O4. The number of carbonyl (C=O) groups excluding carboxylic acids is 2. The van der Waals surface area contributed by atoms with Crippen molar-refractivity contribution in [2.24, 2.45) is 0 Å². The average Bonchev–Trinajstić information content (AvgIpc) is 2.37. The monoisotopic (exact) mass is 302 g/mol. The van der Waals surface area contributed by atoms with Crippen LogP contribution in [0.1, 0.15) is 24.8 Å². The fourth-order valence-corrected chi connectivity index (χ4v) is 2.09. The van der Waals surface area contributed by atoms with E-state index < -0.39 is 34.2 Å². The van der Waals surface area contributed by atoms with E-state index in [1.165, 1.54) is 0 Å². The third-order valence-electron chi connectivity index (χ3n) is 3.02. The van der Waals surface area contributed by atoms with Crippen molar-refractivity contribution in [3.8, 4) is 0 Å². The van der Waals surface area contributed by atoms with Gasteiger partial charge in [-0.3, -0.25) is 24.6 Å². The normalized spacial score (nSPS) is 16.2. The molecule has 2 rings (SSSR count). The second-order valence-corrected chi connectivity index (χ2v) is 4.43. The molecule has 9 heteroatoms. The number of nitrogens with zero attached hydrogens (tertiary/aromatic N) is 2. The molecule has 2 amide bonds. The third-order valence-corrected chi connectivity index (χ3v) is 3.02. The molecular weight excluding hydrogens is 293 g/mol. The quantitative estimate of drug-likeness (QED) is 0.478. The van der Waals surface area contributed by atoms with Crippen molar-refractivity contribution in [2.75, 3.05) is 4.90 Å². The molecule has 1 aliphatic rings. The van der Waals surface area contributed by atoms with Gasteiger partial charge in [0.05, 0.1) is 10.6 Å². The molecule has 0 spiro atoms. The largest absolute Gasteiger partial charge is 0.423 e. The summed E-state index contributed by atoms with van der Waals surface area (Å²) in [5.41, 5.74) is -2.91. The van der Waals surface area contributed by atoms with Gasteiger partial charge in [0.1, 0.15) is 5.56 Å². The van der Waals surface area contributed by atoms with Gasteiger partial charge in [0.2, 0.25) is 11.8 Å². The zero-order chi connectivity index (χ0) is 15.8. The lowest BCUT2D eigenvalue weighted by atomic mass is 10.1. The highest BCUT2D eigenvalue weighted by atomic mass is 19.4. The van der Waals surface area contributed by atoms with Crippen LogP contribution >= 0.6 is 0 Å². The Labute approximate surface area is 116 Å². The van der Waals surface area contributed by atoms with Gasteiger partial charge in [-0.05, 0) is 18.6 Å². The number of nitro benzene ring substituents is 1. The van der Waals surface area contributed by atoms with E-state index in [0.29, 0.717) is 23.5 Å². The number of alkyl halides is 3. The van der Waals surface area contributed by atoms with Gasteiger partial charge in [0.15, 0.2) is 0 Å². The van der Waals surface area contributed by atoms with Crippen LogP contribution in [0.15, 0.2) is 18.2 Å². The highest BCUT2D eigenvalue weighted by Crippen LogP contribution is 2.38. The molecule has 1 aromatic carbocycles. The fourth-order valence-electron chi connectivity index (χ4n) is 2.09. The first kappa shape index (κ1) is 14.9. The number of anilines is 1. The van der Waals surface area contributed by atoms with Gasteiger partial charge in [-0.2, -0.15) is 13.2 Å². The number of halogens is 3. The summed E-state index contributed by atoms with van der Waals surface area (Å²) in [6.45, 7) is 0. The van der Waals surface area contributed by atoms with Gasteiger partial charge in [-0.1, -0.05) is 0 Å². The van der Waals surface area contributed by atoms with Crippen molar-refractivity contribution >= 4 is 23.2 Å². The standard InChI is InChI=1S/C12H9F3N2O4/c13-12(14,15)8-6-7(4-5-9(8)17(20)21)16-10(18)2-1-3-11(16)19/h4-6H,1-3H2. The van der Waals surface area contributed by atoms with Gasteiger partial charge in [-0.25, -0.2) is 0 Å². The molecule has 0 unspecified atom stereocenters. The Morgan fingerprint density at radius 2 is 1.71 bits per heavy atom. The topological polar surface area (TPSA) is 80.5 Å². The SMILES string of the molecule is O=C1CCCC(=O)N1c1ccc([N+](=O)[O-])c(C(F)(F)F)c1. The van der Waals surface area contributed by atoms with Gasteiger partial charge in [0.25, 0.3) is 5.69 Å². The first-order valence-electron chi connectivity index (χ1n) is 5.93. The Balaban J connectivity index is 2.54. The van der Waals surface area contributed by atoms with Gasteiger partial charge in [0, 0.05) is 18.9 Å². The Morgan fingerprint density at radius 3 is 2.19 bits per heavy atom. The molecule has 1 saturated heterocycles. The summed E-state index contributed by atoms with van der Waals surface area (Å²) < 4.78 is 38.6. The second-order valence-electron chi connectivity index (χ2n) is 4.43. The molecule has 1 aliphatic heterocycles. The minimum atomic E-state index is -4.96. The number of carbonyl (C=O) groups is 2. The number of nitro groups is 1. The summed E-state index contributed by atoms with van der Waals surface area (Å²) in [5.74, 6) is -1.23. The summed E-state index contributed by atoms with van der Waals surface area (Å²) in [6, 6.07) is 2.07. The van der Waals surface area contributed by atoms with E-state index in [1.807, 2.05) is 0 Å². The number of rotatable bonds is 2. The molecule has 0 bridgehead atoms. The maximum atomic E-state index is 12.9. The molecule has 0 atom stereocenters. The first-order chi connectivity index (χ1) is 9.71. The molecule has 0 aromatic heterocycles. The number of amides is 2. The zero-order valence-corrected chi connectivity index (χ0v) is 10.5. The lowest BCUT2D eigenvalue weighted by molar-refractivity contribution is -0.388. The third kappa shape index (κ3) is 2.86. The maximum Gasteiger partial charge on any atom is 0.423 e. The van der Waals surface area contributed by atoms with Crippen molar-refractivity contribution in [1.82, 2.24) is 0 Å². The predicted octanol–water partition coefficient (Wildman–Crippen LogP) is 2.66. The van der Waals surface area contributed by atoms with E-state index >= 15 is 0 Å². The van der Waals surface area contributed by atoms with Crippen LogP contribution in [0.3, 0.4) is 0 Å². The molecule has 1 heterocycles. The van der Waals surface area contributed by atoms with E-state index in [-0.39, 0.29) is 18.5 Å². The number of benzene rings is 1. The minimum absolute atomic E-state index is 0.0457. The highest BCUT2D eigenvalue weighted by molar-refractivity contribution is 6.16. The smallest absolute Gasteiger partial charge is 0.274 e. The molecule has 112 valence electrons. The van der Waals surface area contributed by atoms with Crippen LogP contribution in [0, 0.1) is 10.1 Å². The number of imide groups is 1. The molecule has 0 saturated carbocycles. The van der Waals surface area contributed by atoms with Crippen LogP contribution in [0.25, 0.3) is 0 Å². The molecule has 21 heavy (non-hydrogen) atoms. The molecule has 6 nitrogen and oxygen atoms in total. The Bertz CT molecular complexity index is 611. The number of piperidine rings is 1. The molecule has 1 fully saturated rings. The minimum Gasteiger partial charge on any atom is -0.274 e. The number of hydrogen-bond acceptors (Lipinski definition) is 4. The van der Waals surface area contributed by atoms with E-state index in [1.54, 1.807) is 0 Å². The van der Waals surface area contributed by atoms with Crippen LogP contribution < -0.4 is 4.90 Å². The second kappa shape index (κ2) is 5.15. The lowest BCUT2D eigenvalue weighted by Crippen LogP contribution is -2.40. The van der Waals surface area contributed by atoms with Crippen molar-refractivity contribution in [3.05, 3.63) is 33.9 Å². The van der Waals surface area contributed by atoms with Gasteiger partial charge in [-0.15, -0.1) is 0 Å². The summed E-state index contributed by atoms with van der Waals surface area (Å²) >= 11 is 0. The summed E-state index contributed by atoms with van der Waals surface area (Å²) in [7, 11) is 0. The summed E-state index contributed by atoms with van der Waals surface area (Å²) in [5, 5.41) is 10.6. The first-order valence-corrected chi connectivity index (χ1v) is 5.93. The van der Waals surface area contributed by atoms with Gasteiger partial charge >= 0.3 is 6.18 Å². The van der Waals surface area contributed by atoms with Crippen LogP contribution in [-0.4, -0.2) is 16.7 Å². The lowest BCUT2D eigenvalue weighted by Gasteiger charge is -2.25. The Kier molecular flexibility index (Phi) is 3.67. The van der Waals surface area contributed by atoms with Gasteiger partial charge < -0.3 is 0 Å².